The number of carbonyl (C=O) groups excluding carboxylic acids is 1. The van der Waals surface area contributed by atoms with E-state index >= 15 is 0 Å². The number of hydrogen-bond acceptors (Lipinski definition) is 10. The van der Waals surface area contributed by atoms with Crippen molar-refractivity contribution in [2.45, 2.75) is 55.4 Å². The molecule has 6 rings (SSSR count). The van der Waals surface area contributed by atoms with E-state index in [0.717, 1.165) is 69.0 Å². The molecule has 0 aliphatic carbocycles. The molecule has 4 aromatic rings. The summed E-state index contributed by atoms with van der Waals surface area (Å²) in [4.78, 5) is 27.8. The summed E-state index contributed by atoms with van der Waals surface area (Å²) in [5, 5.41) is 13.9. The average molecular weight is 633 g/mol. The van der Waals surface area contributed by atoms with E-state index in [1.54, 1.807) is 0 Å². The number of benzene rings is 1. The lowest BCUT2D eigenvalue weighted by molar-refractivity contribution is -0.137. The van der Waals surface area contributed by atoms with E-state index in [1.807, 2.05) is 6.79 Å². The smallest absolute Gasteiger partial charge is 0.376 e. The van der Waals surface area contributed by atoms with Gasteiger partial charge in [0.05, 0.1) is 23.3 Å². The molecule has 1 saturated heterocycles. The van der Waals surface area contributed by atoms with Crippen LogP contribution in [-0.2, 0) is 34.0 Å². The number of anilines is 2. The van der Waals surface area contributed by atoms with E-state index in [1.165, 1.54) is 22.8 Å². The minimum atomic E-state index is -4.59. The van der Waals surface area contributed by atoms with Gasteiger partial charge in [-0.25, -0.2) is 28.4 Å². The first kappa shape index (κ1) is 31.3. The minimum absolute atomic E-state index is 0.229. The summed E-state index contributed by atoms with van der Waals surface area (Å²) in [6.07, 6.45) is 0.601. The number of carbonyl (C=O) groups is 1. The van der Waals surface area contributed by atoms with Crippen LogP contribution in [0.4, 0.5) is 24.8 Å². The fourth-order valence-electron chi connectivity index (χ4n) is 5.49. The van der Waals surface area contributed by atoms with Crippen molar-refractivity contribution in [3.8, 4) is 0 Å². The van der Waals surface area contributed by atoms with Crippen molar-refractivity contribution in [2.75, 3.05) is 29.9 Å². The number of aryl methyl sites for hydroxylation is 1. The number of nitrogens with one attached hydrogen (secondary N) is 2. The van der Waals surface area contributed by atoms with Gasteiger partial charge in [-0.1, -0.05) is 6.07 Å². The first-order valence-corrected chi connectivity index (χ1v) is 15.4. The maximum Gasteiger partial charge on any atom is 0.416 e. The van der Waals surface area contributed by atoms with Crippen molar-refractivity contribution in [3.63, 3.8) is 0 Å². The van der Waals surface area contributed by atoms with Crippen molar-refractivity contribution in [2.24, 2.45) is 0 Å². The number of pyridine rings is 1. The molecule has 5 heterocycles. The Balaban J connectivity index is 0.00000188. The van der Waals surface area contributed by atoms with Crippen LogP contribution in [0.25, 0.3) is 11.2 Å². The fourth-order valence-corrected chi connectivity index (χ4v) is 6.55. The van der Waals surface area contributed by atoms with Gasteiger partial charge in [0.1, 0.15) is 25.2 Å². The quantitative estimate of drug-likeness (QED) is 0.259. The maximum absolute atomic E-state index is 12.8. The van der Waals surface area contributed by atoms with E-state index < -0.39 is 32.9 Å². The third-order valence-electron chi connectivity index (χ3n) is 7.66. The lowest BCUT2D eigenvalue weighted by atomic mass is 9.92. The summed E-state index contributed by atoms with van der Waals surface area (Å²) in [5.74, 6) is 1.98. The van der Waals surface area contributed by atoms with Gasteiger partial charge in [-0.15, -0.1) is 0 Å². The molecular formula is C28H31F3N8O4S. The minimum Gasteiger partial charge on any atom is -0.376 e. The summed E-state index contributed by atoms with van der Waals surface area (Å²) in [7, 11) is -4.29. The first-order chi connectivity index (χ1) is 21.1. The molecule has 234 valence electrons. The zero-order valence-electron chi connectivity index (χ0n) is 23.5. The highest BCUT2D eigenvalue weighted by atomic mass is 32.2. The topological polar surface area (TPSA) is 155 Å². The molecule has 3 N–H and O–H groups in total. The Bertz CT molecular complexity index is 1710. The number of aromatic nitrogens is 5. The van der Waals surface area contributed by atoms with Crippen LogP contribution in [0.5, 0.6) is 0 Å². The second-order valence-corrected chi connectivity index (χ2v) is 12.2. The number of piperidine rings is 1. The lowest BCUT2D eigenvalue weighted by Gasteiger charge is -2.33. The number of hydrogen-bond donors (Lipinski definition) is 3. The standard InChI is InChI=1S/C27H29F3N8O3S.CH2O/c28-27(29,30)19-4-6-20(7-5-19)42(40,41)36-22(39)14-38-16-34-23-25(32-15-33-26(23)38)37-12-9-17(10-13-37)21-8-3-18-2-1-11-31-24(18)35-21;1-2/h3-8,15-17,22,36,39H,1-2,9-14H2,(H,31,35);1H2. The molecule has 16 heteroatoms. The summed E-state index contributed by atoms with van der Waals surface area (Å²) in [6.45, 7) is 4.20. The Morgan fingerprint density at radius 2 is 1.80 bits per heavy atom. The molecule has 1 atom stereocenters. The summed E-state index contributed by atoms with van der Waals surface area (Å²) >= 11 is 0. The lowest BCUT2D eigenvalue weighted by Crippen LogP contribution is -2.37. The molecule has 1 fully saturated rings. The van der Waals surface area contributed by atoms with Gasteiger partial charge in [0.25, 0.3) is 0 Å². The van der Waals surface area contributed by atoms with Gasteiger partial charge in [0.2, 0.25) is 10.0 Å². The Morgan fingerprint density at radius 1 is 1.07 bits per heavy atom. The molecule has 2 aliphatic rings. The highest BCUT2D eigenvalue weighted by Crippen LogP contribution is 2.33. The van der Waals surface area contributed by atoms with Gasteiger partial charge in [-0.2, -0.15) is 17.9 Å². The Morgan fingerprint density at radius 3 is 2.50 bits per heavy atom. The molecule has 12 nitrogen and oxygen atoms in total. The monoisotopic (exact) mass is 632 g/mol. The number of halogens is 3. The fraction of sp³-hybridized carbons (Fsp3) is 0.393. The maximum atomic E-state index is 12.8. The number of imidazole rings is 1. The molecule has 1 aromatic carbocycles. The van der Waals surface area contributed by atoms with Crippen LogP contribution in [0.15, 0.2) is 53.9 Å². The molecular weight excluding hydrogens is 601 g/mol. The van der Waals surface area contributed by atoms with Gasteiger partial charge >= 0.3 is 6.18 Å². The zero-order chi connectivity index (χ0) is 31.5. The second kappa shape index (κ2) is 12.8. The highest BCUT2D eigenvalue weighted by molar-refractivity contribution is 7.89. The molecule has 0 bridgehead atoms. The van der Waals surface area contributed by atoms with Crippen LogP contribution in [0, 0.1) is 0 Å². The molecule has 44 heavy (non-hydrogen) atoms. The second-order valence-electron chi connectivity index (χ2n) is 10.5. The Labute approximate surface area is 251 Å². The van der Waals surface area contributed by atoms with E-state index in [4.69, 9.17) is 9.78 Å². The van der Waals surface area contributed by atoms with Crippen LogP contribution in [0.1, 0.15) is 42.0 Å². The molecule has 0 radical (unpaired) electrons. The number of sulfonamides is 1. The van der Waals surface area contributed by atoms with E-state index in [0.29, 0.717) is 35.0 Å². The van der Waals surface area contributed by atoms with Crippen LogP contribution in [0.2, 0.25) is 0 Å². The Kier molecular flexibility index (Phi) is 9.12. The molecule has 1 unspecified atom stereocenters. The van der Waals surface area contributed by atoms with Crippen LogP contribution < -0.4 is 14.9 Å². The third kappa shape index (κ3) is 6.66. The van der Waals surface area contributed by atoms with Gasteiger partial charge < -0.3 is 24.7 Å². The van der Waals surface area contributed by atoms with Crippen molar-refractivity contribution in [3.05, 3.63) is 65.9 Å². The van der Waals surface area contributed by atoms with Crippen molar-refractivity contribution in [1.29, 1.82) is 0 Å². The summed E-state index contributed by atoms with van der Waals surface area (Å²) in [5.41, 5.74) is 2.31. The van der Waals surface area contributed by atoms with Gasteiger partial charge in [0.15, 0.2) is 17.0 Å². The van der Waals surface area contributed by atoms with Crippen LogP contribution in [0.3, 0.4) is 0 Å². The van der Waals surface area contributed by atoms with E-state index in [2.05, 4.69) is 42.0 Å². The first-order valence-electron chi connectivity index (χ1n) is 13.9. The van der Waals surface area contributed by atoms with Gasteiger partial charge in [-0.3, -0.25) is 0 Å². The van der Waals surface area contributed by atoms with Crippen LogP contribution >= 0.6 is 0 Å². The third-order valence-corrected chi connectivity index (χ3v) is 9.14. The zero-order valence-corrected chi connectivity index (χ0v) is 24.4. The van der Waals surface area contributed by atoms with Crippen molar-refractivity contribution in [1.82, 2.24) is 29.2 Å². The normalized spacial score (nSPS) is 16.5. The molecule has 2 aliphatic heterocycles. The number of fused-ring (bicyclic) bond motifs is 2. The largest absolute Gasteiger partial charge is 0.416 e. The average Bonchev–Trinajstić information content (AvgIpc) is 3.44. The predicted octanol–water partition coefficient (Wildman–Crippen LogP) is 3.09. The van der Waals surface area contributed by atoms with Gasteiger partial charge in [0, 0.05) is 31.2 Å². The van der Waals surface area contributed by atoms with E-state index in [-0.39, 0.29) is 6.54 Å². The summed E-state index contributed by atoms with van der Waals surface area (Å²) < 4.78 is 67.3. The number of alkyl halides is 3. The van der Waals surface area contributed by atoms with Crippen molar-refractivity contribution >= 4 is 39.6 Å². The van der Waals surface area contributed by atoms with E-state index in [9.17, 15) is 26.7 Å². The SMILES string of the molecule is C=O.O=S(=O)(NC(O)Cn1cnc2c(N3CCC(c4ccc5c(n4)NCCC5)CC3)ncnc21)c1ccc(C(F)(F)F)cc1. The number of aliphatic hydroxyl groups is 1. The Hall–Kier alpha value is -4.15. The molecule has 0 spiro atoms. The number of nitrogens with zero attached hydrogens (tertiary/aromatic N) is 6. The molecule has 3 aromatic heterocycles. The predicted molar refractivity (Wildman–Crippen MR) is 155 cm³/mol. The molecule has 0 saturated carbocycles. The molecule has 0 amide bonds. The van der Waals surface area contributed by atoms with Crippen LogP contribution in [-0.4, -0.2) is 70.7 Å². The van der Waals surface area contributed by atoms with Gasteiger partial charge in [-0.05, 0) is 61.6 Å². The summed E-state index contributed by atoms with van der Waals surface area (Å²) in [6, 6.07) is 7.33. The van der Waals surface area contributed by atoms with Crippen molar-refractivity contribution < 1.29 is 31.5 Å². The number of rotatable bonds is 7. The number of aliphatic hydroxyl groups excluding tert-OH is 1. The highest BCUT2D eigenvalue weighted by Gasteiger charge is 2.31.